The van der Waals surface area contributed by atoms with Gasteiger partial charge in [-0.25, -0.2) is 4.98 Å². The van der Waals surface area contributed by atoms with Crippen LogP contribution in [0.2, 0.25) is 0 Å². The number of pyridine rings is 1. The number of nitro groups is 1. The number of nitrogens with zero attached hydrogens (tertiary/aromatic N) is 3. The van der Waals surface area contributed by atoms with Crippen LogP contribution in [-0.4, -0.2) is 23.0 Å². The topological polar surface area (TPSA) is 59.3 Å². The van der Waals surface area contributed by atoms with Gasteiger partial charge in [-0.05, 0) is 31.0 Å². The van der Waals surface area contributed by atoms with Crippen molar-refractivity contribution in [1.29, 1.82) is 0 Å². The molecule has 1 aromatic heterocycles. The van der Waals surface area contributed by atoms with E-state index in [2.05, 4.69) is 23.7 Å². The molecule has 0 atom stereocenters. The fourth-order valence-corrected chi connectivity index (χ4v) is 2.50. The van der Waals surface area contributed by atoms with Crippen molar-refractivity contribution >= 4 is 22.4 Å². The molecule has 0 saturated carbocycles. The van der Waals surface area contributed by atoms with Crippen molar-refractivity contribution in [2.45, 2.75) is 39.5 Å². The van der Waals surface area contributed by atoms with Crippen molar-refractivity contribution in [3.05, 3.63) is 40.4 Å². The number of nitro benzene ring substituents is 1. The predicted molar refractivity (Wildman–Crippen MR) is 90.4 cm³/mol. The van der Waals surface area contributed by atoms with Crippen molar-refractivity contribution in [3.63, 3.8) is 0 Å². The summed E-state index contributed by atoms with van der Waals surface area (Å²) >= 11 is 0. The molecule has 0 radical (unpaired) electrons. The van der Waals surface area contributed by atoms with Gasteiger partial charge >= 0.3 is 0 Å². The van der Waals surface area contributed by atoms with E-state index < -0.39 is 0 Å². The van der Waals surface area contributed by atoms with Gasteiger partial charge in [0.2, 0.25) is 0 Å². The molecule has 2 aromatic rings. The first-order valence-corrected chi connectivity index (χ1v) is 7.96. The number of non-ortho nitro benzene ring substituents is 1. The first kappa shape index (κ1) is 16.2. The molecule has 0 N–H and O–H groups in total. The third-order valence-electron chi connectivity index (χ3n) is 3.78. The van der Waals surface area contributed by atoms with Crippen LogP contribution in [0.1, 0.15) is 39.5 Å². The third kappa shape index (κ3) is 3.72. The van der Waals surface area contributed by atoms with Crippen LogP contribution in [0.5, 0.6) is 0 Å². The summed E-state index contributed by atoms with van der Waals surface area (Å²) in [6.45, 7) is 6.30. The molecule has 0 fully saturated rings. The summed E-state index contributed by atoms with van der Waals surface area (Å²) in [5, 5.41) is 11.7. The minimum absolute atomic E-state index is 0.116. The summed E-state index contributed by atoms with van der Waals surface area (Å²) in [7, 11) is 0. The molecule has 5 nitrogen and oxygen atoms in total. The van der Waals surface area contributed by atoms with Gasteiger partial charge in [0.1, 0.15) is 5.82 Å². The predicted octanol–water partition coefficient (Wildman–Crippen LogP) is 4.55. The third-order valence-corrected chi connectivity index (χ3v) is 3.78. The highest BCUT2D eigenvalue weighted by molar-refractivity contribution is 5.88. The Labute approximate surface area is 131 Å². The molecule has 1 aromatic carbocycles. The Morgan fingerprint density at radius 1 is 1.09 bits per heavy atom. The second-order valence-corrected chi connectivity index (χ2v) is 5.46. The molecule has 0 aliphatic rings. The second kappa shape index (κ2) is 7.73. The Morgan fingerprint density at radius 2 is 1.77 bits per heavy atom. The summed E-state index contributed by atoms with van der Waals surface area (Å²) in [5.74, 6) is 0.912. The van der Waals surface area contributed by atoms with Gasteiger partial charge in [-0.3, -0.25) is 10.1 Å². The maximum Gasteiger partial charge on any atom is 0.278 e. The minimum Gasteiger partial charge on any atom is -0.357 e. The molecular weight excluding hydrogens is 278 g/mol. The molecular formula is C17H23N3O2. The number of hydrogen-bond acceptors (Lipinski definition) is 4. The maximum atomic E-state index is 11.1. The molecule has 0 spiro atoms. The lowest BCUT2D eigenvalue weighted by molar-refractivity contribution is -0.383. The smallest absolute Gasteiger partial charge is 0.278 e. The highest BCUT2D eigenvalue weighted by atomic mass is 16.6. The number of benzene rings is 1. The van der Waals surface area contributed by atoms with Crippen molar-refractivity contribution < 1.29 is 4.92 Å². The quantitative estimate of drug-likeness (QED) is 0.530. The van der Waals surface area contributed by atoms with Crippen LogP contribution in [0, 0.1) is 10.1 Å². The minimum atomic E-state index is -0.352. The molecule has 0 unspecified atom stereocenters. The number of aromatic nitrogens is 1. The lowest BCUT2D eigenvalue weighted by atomic mass is 10.1. The number of fused-ring (bicyclic) bond motifs is 1. The summed E-state index contributed by atoms with van der Waals surface area (Å²) in [6, 6.07) is 8.78. The van der Waals surface area contributed by atoms with Crippen LogP contribution in [0.15, 0.2) is 30.3 Å². The van der Waals surface area contributed by atoms with Crippen LogP contribution in [0.3, 0.4) is 0 Å². The van der Waals surface area contributed by atoms with E-state index in [1.54, 1.807) is 6.07 Å². The zero-order valence-electron chi connectivity index (χ0n) is 13.3. The van der Waals surface area contributed by atoms with Gasteiger partial charge < -0.3 is 4.90 Å². The standard InChI is InChI=1S/C17H23N3O2/c1-3-5-12-19(13-6-4-2)17-11-10-14-15(18-17)8-7-9-16(14)20(21)22/h7-11H,3-6,12-13H2,1-2H3. The van der Waals surface area contributed by atoms with Crippen molar-refractivity contribution in [2.75, 3.05) is 18.0 Å². The molecule has 1 heterocycles. The lowest BCUT2D eigenvalue weighted by Gasteiger charge is -2.23. The first-order valence-electron chi connectivity index (χ1n) is 7.96. The van der Waals surface area contributed by atoms with Crippen LogP contribution in [0.25, 0.3) is 10.9 Å². The Bertz CT molecular complexity index is 635. The largest absolute Gasteiger partial charge is 0.357 e. The monoisotopic (exact) mass is 301 g/mol. The summed E-state index contributed by atoms with van der Waals surface area (Å²) in [4.78, 5) is 17.7. The maximum absolute atomic E-state index is 11.1. The molecule has 0 aliphatic heterocycles. The fraction of sp³-hybridized carbons (Fsp3) is 0.471. The average Bonchev–Trinajstić information content (AvgIpc) is 2.53. The van der Waals surface area contributed by atoms with Gasteiger partial charge in [0, 0.05) is 19.2 Å². The summed E-state index contributed by atoms with van der Waals surface area (Å²) in [6.07, 6.45) is 4.53. The van der Waals surface area contributed by atoms with E-state index in [9.17, 15) is 10.1 Å². The summed E-state index contributed by atoms with van der Waals surface area (Å²) < 4.78 is 0. The fourth-order valence-electron chi connectivity index (χ4n) is 2.50. The van der Waals surface area contributed by atoms with E-state index in [1.165, 1.54) is 6.07 Å². The van der Waals surface area contributed by atoms with Crippen LogP contribution < -0.4 is 4.90 Å². The lowest BCUT2D eigenvalue weighted by Crippen LogP contribution is -2.26. The van der Waals surface area contributed by atoms with Gasteiger partial charge in [-0.2, -0.15) is 0 Å². The van der Waals surface area contributed by atoms with Crippen molar-refractivity contribution in [2.24, 2.45) is 0 Å². The van der Waals surface area contributed by atoms with E-state index in [4.69, 9.17) is 0 Å². The first-order chi connectivity index (χ1) is 10.7. The van der Waals surface area contributed by atoms with Crippen LogP contribution >= 0.6 is 0 Å². The van der Waals surface area contributed by atoms with Crippen LogP contribution in [-0.2, 0) is 0 Å². The number of unbranched alkanes of at least 4 members (excludes halogenated alkanes) is 2. The molecule has 118 valence electrons. The number of rotatable bonds is 8. The highest BCUT2D eigenvalue weighted by Gasteiger charge is 2.14. The van der Waals surface area contributed by atoms with Gasteiger partial charge in [0.25, 0.3) is 5.69 Å². The average molecular weight is 301 g/mol. The van der Waals surface area contributed by atoms with E-state index in [0.29, 0.717) is 10.9 Å². The Morgan fingerprint density at radius 3 is 2.36 bits per heavy atom. The molecule has 5 heteroatoms. The van der Waals surface area contributed by atoms with E-state index >= 15 is 0 Å². The molecule has 2 rings (SSSR count). The molecule has 0 saturated heterocycles. The van der Waals surface area contributed by atoms with Crippen molar-refractivity contribution in [1.82, 2.24) is 4.98 Å². The van der Waals surface area contributed by atoms with Gasteiger partial charge in [-0.15, -0.1) is 0 Å². The Kier molecular flexibility index (Phi) is 5.69. The van der Waals surface area contributed by atoms with Crippen LogP contribution in [0.4, 0.5) is 11.5 Å². The van der Waals surface area contributed by atoms with E-state index in [1.807, 2.05) is 18.2 Å². The molecule has 0 amide bonds. The van der Waals surface area contributed by atoms with Gasteiger partial charge in [-0.1, -0.05) is 32.8 Å². The Balaban J connectivity index is 2.35. The zero-order valence-corrected chi connectivity index (χ0v) is 13.3. The SMILES string of the molecule is CCCCN(CCCC)c1ccc2c([N+](=O)[O-])cccc2n1. The van der Waals surface area contributed by atoms with E-state index in [-0.39, 0.29) is 10.6 Å². The Hall–Kier alpha value is -2.17. The number of hydrogen-bond donors (Lipinski definition) is 0. The van der Waals surface area contributed by atoms with Gasteiger partial charge in [0.05, 0.1) is 15.8 Å². The molecule has 0 bridgehead atoms. The molecule has 0 aliphatic carbocycles. The van der Waals surface area contributed by atoms with Gasteiger partial charge in [0.15, 0.2) is 0 Å². The van der Waals surface area contributed by atoms with E-state index in [0.717, 1.165) is 44.6 Å². The highest BCUT2D eigenvalue weighted by Crippen LogP contribution is 2.26. The summed E-state index contributed by atoms with van der Waals surface area (Å²) in [5.41, 5.74) is 0.801. The number of anilines is 1. The van der Waals surface area contributed by atoms with Crippen molar-refractivity contribution in [3.8, 4) is 0 Å². The molecule has 22 heavy (non-hydrogen) atoms. The second-order valence-electron chi connectivity index (χ2n) is 5.46. The zero-order chi connectivity index (χ0) is 15.9. The normalized spacial score (nSPS) is 10.8.